The monoisotopic (exact) mass is 537 g/mol. The summed E-state index contributed by atoms with van der Waals surface area (Å²) in [6.07, 6.45) is 3.05. The summed E-state index contributed by atoms with van der Waals surface area (Å²) in [7, 11) is -2.62. The summed E-state index contributed by atoms with van der Waals surface area (Å²) in [5, 5.41) is 9.55. The van der Waals surface area contributed by atoms with Gasteiger partial charge in [-0.1, -0.05) is 12.1 Å². The van der Waals surface area contributed by atoms with Crippen molar-refractivity contribution in [1.82, 2.24) is 14.0 Å². The van der Waals surface area contributed by atoms with Crippen molar-refractivity contribution in [3.05, 3.63) is 53.9 Å². The van der Waals surface area contributed by atoms with Crippen LogP contribution in [0.15, 0.2) is 42.6 Å². The highest BCUT2D eigenvalue weighted by molar-refractivity contribution is 7.87. The molecule has 0 aliphatic carbocycles. The highest BCUT2D eigenvalue weighted by atomic mass is 32.2. The number of aryl methyl sites for hydroxylation is 1. The van der Waals surface area contributed by atoms with Gasteiger partial charge in [-0.3, -0.25) is 4.98 Å². The number of carboxylic acid groups (broad SMARTS) is 1. The summed E-state index contributed by atoms with van der Waals surface area (Å²) >= 11 is 0. The van der Waals surface area contributed by atoms with Crippen LogP contribution in [0, 0.1) is 0 Å². The molecular formula is C25H35N3O8S. The van der Waals surface area contributed by atoms with Gasteiger partial charge in [0.05, 0.1) is 12.7 Å². The van der Waals surface area contributed by atoms with E-state index in [1.54, 1.807) is 43.6 Å². The number of carbonyl (C=O) groups is 1. The maximum Gasteiger partial charge on any atom is 0.422 e. The van der Waals surface area contributed by atoms with Crippen LogP contribution in [0.25, 0.3) is 0 Å². The maximum atomic E-state index is 12.6. The number of methoxy groups -OCH3 is 1. The lowest BCUT2D eigenvalue weighted by molar-refractivity contribution is 0.0674. The predicted octanol–water partition coefficient (Wildman–Crippen LogP) is 2.65. The fourth-order valence-corrected chi connectivity index (χ4v) is 4.92. The molecule has 2 N–H and O–H groups in total. The Bertz CT molecular complexity index is 1080. The van der Waals surface area contributed by atoms with E-state index in [4.69, 9.17) is 18.9 Å². The topological polar surface area (TPSA) is 137 Å². The number of nitrogens with one attached hydrogen (secondary N) is 1. The van der Waals surface area contributed by atoms with Crippen LogP contribution in [0.3, 0.4) is 0 Å². The standard InChI is InChI=1S/C25H35N3O8S/c1-33-16-17-35-22-10-9-20(24(18-22)36-19-23-8-5-15-34-23)6-4-14-28(25(29)30)37(31,32)27-13-11-21-7-2-3-12-26-21/h2-3,7,9-10,12,18,23,27H,4-6,8,11,13-17,19H2,1H3,(H,29,30). The third-order valence-electron chi connectivity index (χ3n) is 5.75. The minimum absolute atomic E-state index is 0.0238. The van der Waals surface area contributed by atoms with Crippen LogP contribution in [-0.4, -0.2) is 81.6 Å². The first-order chi connectivity index (χ1) is 17.9. The SMILES string of the molecule is COCCOc1ccc(CCCN(C(=O)O)S(=O)(=O)NCCc2ccccn2)c(OCC2CCCO2)c1. The Morgan fingerprint density at radius 3 is 2.78 bits per heavy atom. The van der Waals surface area contributed by atoms with Gasteiger partial charge in [-0.25, -0.2) is 4.79 Å². The summed E-state index contributed by atoms with van der Waals surface area (Å²) in [6.45, 7) is 1.78. The smallest absolute Gasteiger partial charge is 0.422 e. The lowest BCUT2D eigenvalue weighted by Gasteiger charge is -2.20. The van der Waals surface area contributed by atoms with Gasteiger partial charge in [0.25, 0.3) is 0 Å². The van der Waals surface area contributed by atoms with Gasteiger partial charge >= 0.3 is 16.3 Å². The van der Waals surface area contributed by atoms with Crippen molar-refractivity contribution < 1.29 is 37.3 Å². The van der Waals surface area contributed by atoms with Crippen molar-refractivity contribution >= 4 is 16.3 Å². The van der Waals surface area contributed by atoms with Gasteiger partial charge in [0.15, 0.2) is 0 Å². The second-order valence-electron chi connectivity index (χ2n) is 8.49. The van der Waals surface area contributed by atoms with E-state index < -0.39 is 16.3 Å². The molecular weight excluding hydrogens is 502 g/mol. The molecule has 1 aromatic carbocycles. The first-order valence-corrected chi connectivity index (χ1v) is 13.7. The van der Waals surface area contributed by atoms with Crippen LogP contribution in [0.5, 0.6) is 11.5 Å². The first kappa shape index (κ1) is 28.6. The summed E-state index contributed by atoms with van der Waals surface area (Å²) in [4.78, 5) is 15.9. The molecule has 3 rings (SSSR count). The number of aromatic nitrogens is 1. The first-order valence-electron chi connectivity index (χ1n) is 12.3. The molecule has 11 nitrogen and oxygen atoms in total. The van der Waals surface area contributed by atoms with Gasteiger partial charge in [0, 0.05) is 51.2 Å². The Morgan fingerprint density at radius 1 is 1.22 bits per heavy atom. The van der Waals surface area contributed by atoms with Crippen molar-refractivity contribution in [1.29, 1.82) is 0 Å². The van der Waals surface area contributed by atoms with Gasteiger partial charge in [-0.05, 0) is 49.4 Å². The summed E-state index contributed by atoms with van der Waals surface area (Å²) in [5.41, 5.74) is 1.53. The van der Waals surface area contributed by atoms with E-state index in [0.29, 0.717) is 54.2 Å². The van der Waals surface area contributed by atoms with Crippen LogP contribution < -0.4 is 14.2 Å². The second kappa shape index (κ2) is 14.7. The number of nitrogens with zero attached hydrogens (tertiary/aromatic N) is 2. The van der Waals surface area contributed by atoms with E-state index in [0.717, 1.165) is 25.0 Å². The van der Waals surface area contributed by atoms with Gasteiger partial charge in [0.1, 0.15) is 24.7 Å². The Kier molecular flexibility index (Phi) is 11.4. The zero-order valence-corrected chi connectivity index (χ0v) is 21.8. The lowest BCUT2D eigenvalue weighted by atomic mass is 10.1. The molecule has 37 heavy (non-hydrogen) atoms. The maximum absolute atomic E-state index is 12.6. The molecule has 12 heteroatoms. The molecule has 1 unspecified atom stereocenters. The highest BCUT2D eigenvalue weighted by Gasteiger charge is 2.26. The van der Waals surface area contributed by atoms with Crippen molar-refractivity contribution in [2.45, 2.75) is 38.2 Å². The number of hydrogen-bond donors (Lipinski definition) is 2. The van der Waals surface area contributed by atoms with Crippen molar-refractivity contribution in [2.24, 2.45) is 0 Å². The molecule has 1 saturated heterocycles. The van der Waals surface area contributed by atoms with Crippen LogP contribution >= 0.6 is 0 Å². The fraction of sp³-hybridized carbons (Fsp3) is 0.520. The molecule has 1 amide bonds. The van der Waals surface area contributed by atoms with Crippen LogP contribution in [0.2, 0.25) is 0 Å². The highest BCUT2D eigenvalue weighted by Crippen LogP contribution is 2.27. The summed E-state index contributed by atoms with van der Waals surface area (Å²) in [6, 6.07) is 10.8. The summed E-state index contributed by atoms with van der Waals surface area (Å²) < 4.78 is 50.4. The van der Waals surface area contributed by atoms with E-state index in [2.05, 4.69) is 9.71 Å². The summed E-state index contributed by atoms with van der Waals surface area (Å²) in [5.74, 6) is 1.22. The van der Waals surface area contributed by atoms with Gasteiger partial charge < -0.3 is 24.1 Å². The van der Waals surface area contributed by atoms with E-state index in [9.17, 15) is 18.3 Å². The Balaban J connectivity index is 1.59. The number of hydrogen-bond acceptors (Lipinski definition) is 8. The molecule has 1 atom stereocenters. The molecule has 0 saturated carbocycles. The molecule has 1 fully saturated rings. The molecule has 1 aliphatic heterocycles. The lowest BCUT2D eigenvalue weighted by Crippen LogP contribution is -2.45. The largest absolute Gasteiger partial charge is 0.491 e. The average Bonchev–Trinajstić information content (AvgIpc) is 3.40. The Morgan fingerprint density at radius 2 is 2.08 bits per heavy atom. The van der Waals surface area contributed by atoms with Gasteiger partial charge in [-0.15, -0.1) is 0 Å². The molecule has 204 valence electrons. The minimum atomic E-state index is -4.22. The number of benzene rings is 1. The number of pyridine rings is 1. The molecule has 1 aliphatic rings. The average molecular weight is 538 g/mol. The molecule has 0 bridgehead atoms. The molecule has 0 spiro atoms. The van der Waals surface area contributed by atoms with Gasteiger partial charge in [-0.2, -0.15) is 17.4 Å². The van der Waals surface area contributed by atoms with E-state index in [1.165, 1.54) is 0 Å². The van der Waals surface area contributed by atoms with Crippen LogP contribution in [0.4, 0.5) is 4.79 Å². The van der Waals surface area contributed by atoms with Gasteiger partial charge in [0.2, 0.25) is 0 Å². The molecule has 1 aromatic heterocycles. The fourth-order valence-electron chi connectivity index (χ4n) is 3.83. The van der Waals surface area contributed by atoms with Crippen molar-refractivity contribution in [3.8, 4) is 11.5 Å². The minimum Gasteiger partial charge on any atom is -0.491 e. The van der Waals surface area contributed by atoms with Crippen molar-refractivity contribution in [2.75, 3.05) is 46.6 Å². The van der Waals surface area contributed by atoms with Crippen LogP contribution in [-0.2, 0) is 32.5 Å². The number of amides is 1. The third-order valence-corrected chi connectivity index (χ3v) is 7.23. The van der Waals surface area contributed by atoms with Crippen LogP contribution in [0.1, 0.15) is 30.5 Å². The molecule has 2 aromatic rings. The third kappa shape index (κ3) is 9.47. The van der Waals surface area contributed by atoms with E-state index in [1.807, 2.05) is 6.07 Å². The normalized spacial score (nSPS) is 15.4. The van der Waals surface area contributed by atoms with E-state index in [-0.39, 0.29) is 25.6 Å². The molecule has 0 radical (unpaired) electrons. The number of rotatable bonds is 16. The number of ether oxygens (including phenoxy) is 4. The molecule has 2 heterocycles. The van der Waals surface area contributed by atoms with E-state index >= 15 is 0 Å². The zero-order valence-electron chi connectivity index (χ0n) is 21.0. The zero-order chi connectivity index (χ0) is 26.5. The Hall–Kier alpha value is -2.93. The quantitative estimate of drug-likeness (QED) is 0.310. The Labute approximate surface area is 217 Å². The predicted molar refractivity (Wildman–Crippen MR) is 136 cm³/mol. The van der Waals surface area contributed by atoms with Crippen molar-refractivity contribution in [3.63, 3.8) is 0 Å². The second-order valence-corrected chi connectivity index (χ2v) is 10.2.